The van der Waals surface area contributed by atoms with Crippen LogP contribution in [0.5, 0.6) is 5.75 Å². The van der Waals surface area contributed by atoms with E-state index in [1.807, 2.05) is 22.6 Å². The van der Waals surface area contributed by atoms with Gasteiger partial charge in [0.15, 0.2) is 0 Å². The SMILES string of the molecule is NCC1CCCCC1NC(=O)c1ccc(I)c(O)c1. The molecule has 1 saturated carbocycles. The number of halogens is 1. The van der Waals surface area contributed by atoms with Gasteiger partial charge in [-0.15, -0.1) is 0 Å². The number of nitrogens with one attached hydrogen (secondary N) is 1. The standard InChI is InChI=1S/C14H19IN2O2/c15-11-6-5-9(7-13(11)18)14(19)17-12-4-2-1-3-10(12)8-16/h5-7,10,12,18H,1-4,8,16H2,(H,17,19). The molecule has 19 heavy (non-hydrogen) atoms. The second-order valence-electron chi connectivity index (χ2n) is 5.03. The van der Waals surface area contributed by atoms with Crippen molar-refractivity contribution in [3.63, 3.8) is 0 Å². The van der Waals surface area contributed by atoms with E-state index in [9.17, 15) is 9.90 Å². The lowest BCUT2D eigenvalue weighted by Gasteiger charge is -2.31. The van der Waals surface area contributed by atoms with Gasteiger partial charge in [0.2, 0.25) is 0 Å². The van der Waals surface area contributed by atoms with Crippen LogP contribution in [0.15, 0.2) is 18.2 Å². The summed E-state index contributed by atoms with van der Waals surface area (Å²) in [6.45, 7) is 0.614. The fourth-order valence-electron chi connectivity index (χ4n) is 2.59. The van der Waals surface area contributed by atoms with Gasteiger partial charge in [0, 0.05) is 11.6 Å². The van der Waals surface area contributed by atoms with Gasteiger partial charge in [-0.2, -0.15) is 0 Å². The average molecular weight is 374 g/mol. The topological polar surface area (TPSA) is 75.3 Å². The Kier molecular flexibility index (Phi) is 5.04. The molecular weight excluding hydrogens is 355 g/mol. The third-order valence-electron chi connectivity index (χ3n) is 3.74. The Labute approximate surface area is 126 Å². The number of phenols is 1. The second kappa shape index (κ2) is 6.56. The van der Waals surface area contributed by atoms with Crippen LogP contribution in [-0.4, -0.2) is 23.6 Å². The minimum atomic E-state index is -0.128. The van der Waals surface area contributed by atoms with E-state index in [1.165, 1.54) is 12.5 Å². The van der Waals surface area contributed by atoms with Gasteiger partial charge in [-0.3, -0.25) is 4.79 Å². The molecular formula is C14H19IN2O2. The van der Waals surface area contributed by atoms with Crippen LogP contribution in [0.1, 0.15) is 36.0 Å². The fraction of sp³-hybridized carbons (Fsp3) is 0.500. The van der Waals surface area contributed by atoms with Crippen LogP contribution in [0.2, 0.25) is 0 Å². The van der Waals surface area contributed by atoms with Gasteiger partial charge in [-0.25, -0.2) is 0 Å². The zero-order valence-electron chi connectivity index (χ0n) is 10.7. The molecule has 0 bridgehead atoms. The van der Waals surface area contributed by atoms with Crippen LogP contribution in [0.4, 0.5) is 0 Å². The number of benzene rings is 1. The van der Waals surface area contributed by atoms with Crippen molar-refractivity contribution in [2.45, 2.75) is 31.7 Å². The molecule has 4 nitrogen and oxygen atoms in total. The number of carbonyl (C=O) groups is 1. The predicted octanol–water partition coefficient (Wildman–Crippen LogP) is 2.24. The van der Waals surface area contributed by atoms with Crippen molar-refractivity contribution in [3.8, 4) is 5.75 Å². The van der Waals surface area contributed by atoms with E-state index in [2.05, 4.69) is 5.32 Å². The first-order valence-corrected chi connectivity index (χ1v) is 7.69. The van der Waals surface area contributed by atoms with Crippen LogP contribution in [0.25, 0.3) is 0 Å². The maximum absolute atomic E-state index is 12.2. The number of rotatable bonds is 3. The summed E-state index contributed by atoms with van der Waals surface area (Å²) >= 11 is 2.03. The normalized spacial score (nSPS) is 23.1. The molecule has 4 N–H and O–H groups in total. The van der Waals surface area contributed by atoms with E-state index in [-0.39, 0.29) is 17.7 Å². The van der Waals surface area contributed by atoms with Crippen LogP contribution < -0.4 is 11.1 Å². The van der Waals surface area contributed by atoms with Crippen molar-refractivity contribution in [1.82, 2.24) is 5.32 Å². The summed E-state index contributed by atoms with van der Waals surface area (Å²) in [4.78, 5) is 12.2. The molecule has 0 aromatic heterocycles. The van der Waals surface area contributed by atoms with Crippen molar-refractivity contribution < 1.29 is 9.90 Å². The van der Waals surface area contributed by atoms with E-state index in [4.69, 9.17) is 5.73 Å². The molecule has 0 spiro atoms. The third kappa shape index (κ3) is 3.60. The fourth-order valence-corrected chi connectivity index (χ4v) is 2.92. The quantitative estimate of drug-likeness (QED) is 0.711. The molecule has 2 rings (SSSR count). The molecule has 1 aromatic rings. The molecule has 1 aromatic carbocycles. The Morgan fingerprint density at radius 2 is 2.16 bits per heavy atom. The Morgan fingerprint density at radius 3 is 2.84 bits per heavy atom. The molecule has 0 radical (unpaired) electrons. The van der Waals surface area contributed by atoms with Crippen LogP contribution in [0, 0.1) is 9.49 Å². The summed E-state index contributed by atoms with van der Waals surface area (Å²) in [6, 6.07) is 5.15. The number of aromatic hydroxyl groups is 1. The van der Waals surface area contributed by atoms with E-state index in [0.29, 0.717) is 18.0 Å². The summed E-state index contributed by atoms with van der Waals surface area (Å²) in [6.07, 6.45) is 4.40. The van der Waals surface area contributed by atoms with E-state index >= 15 is 0 Å². The van der Waals surface area contributed by atoms with Gasteiger partial charge in [0.05, 0.1) is 3.57 Å². The summed E-state index contributed by atoms with van der Waals surface area (Å²) in [5, 5.41) is 12.7. The van der Waals surface area contributed by atoms with Crippen LogP contribution in [0.3, 0.4) is 0 Å². The molecule has 2 atom stereocenters. The van der Waals surface area contributed by atoms with Gasteiger partial charge >= 0.3 is 0 Å². The summed E-state index contributed by atoms with van der Waals surface area (Å²) in [5.41, 5.74) is 6.26. The van der Waals surface area contributed by atoms with E-state index < -0.39 is 0 Å². The Morgan fingerprint density at radius 1 is 1.42 bits per heavy atom. The highest BCUT2D eigenvalue weighted by atomic mass is 127. The maximum atomic E-state index is 12.2. The smallest absolute Gasteiger partial charge is 0.251 e. The Bertz CT molecular complexity index is 465. The first-order valence-electron chi connectivity index (χ1n) is 6.61. The highest BCUT2D eigenvalue weighted by Crippen LogP contribution is 2.25. The summed E-state index contributed by atoms with van der Waals surface area (Å²) in [7, 11) is 0. The van der Waals surface area contributed by atoms with Crippen LogP contribution in [-0.2, 0) is 0 Å². The van der Waals surface area contributed by atoms with E-state index in [1.54, 1.807) is 12.1 Å². The van der Waals surface area contributed by atoms with Gasteiger partial charge in [-0.1, -0.05) is 12.8 Å². The Balaban J connectivity index is 2.05. The molecule has 5 heteroatoms. The number of amides is 1. The highest BCUT2D eigenvalue weighted by molar-refractivity contribution is 14.1. The number of hydrogen-bond acceptors (Lipinski definition) is 3. The molecule has 104 valence electrons. The molecule has 1 aliphatic carbocycles. The lowest BCUT2D eigenvalue weighted by molar-refractivity contribution is 0.0907. The van der Waals surface area contributed by atoms with Gasteiger partial charge < -0.3 is 16.2 Å². The van der Waals surface area contributed by atoms with Gasteiger partial charge in [0.25, 0.3) is 5.91 Å². The first kappa shape index (κ1) is 14.6. The zero-order valence-corrected chi connectivity index (χ0v) is 12.9. The van der Waals surface area contributed by atoms with Crippen molar-refractivity contribution in [3.05, 3.63) is 27.3 Å². The van der Waals surface area contributed by atoms with Crippen molar-refractivity contribution >= 4 is 28.5 Å². The number of nitrogens with two attached hydrogens (primary N) is 1. The molecule has 0 aliphatic heterocycles. The lowest BCUT2D eigenvalue weighted by atomic mass is 9.84. The summed E-state index contributed by atoms with van der Waals surface area (Å²) in [5.74, 6) is 0.388. The van der Waals surface area contributed by atoms with Gasteiger partial charge in [0.1, 0.15) is 5.75 Å². The second-order valence-corrected chi connectivity index (χ2v) is 6.19. The van der Waals surface area contributed by atoms with E-state index in [0.717, 1.165) is 22.8 Å². The largest absolute Gasteiger partial charge is 0.507 e. The highest BCUT2D eigenvalue weighted by Gasteiger charge is 2.25. The molecule has 1 aliphatic rings. The molecule has 1 fully saturated rings. The number of phenolic OH excluding ortho intramolecular Hbond substituents is 1. The maximum Gasteiger partial charge on any atom is 0.251 e. The summed E-state index contributed by atoms with van der Waals surface area (Å²) < 4.78 is 0.742. The number of hydrogen-bond donors (Lipinski definition) is 3. The molecule has 0 saturated heterocycles. The number of carbonyl (C=O) groups excluding carboxylic acids is 1. The van der Waals surface area contributed by atoms with Crippen molar-refractivity contribution in [1.29, 1.82) is 0 Å². The minimum Gasteiger partial charge on any atom is -0.507 e. The minimum absolute atomic E-state index is 0.128. The Hall–Kier alpha value is -0.820. The molecule has 2 unspecified atom stereocenters. The zero-order chi connectivity index (χ0) is 13.8. The van der Waals surface area contributed by atoms with Crippen LogP contribution >= 0.6 is 22.6 Å². The third-order valence-corrected chi connectivity index (χ3v) is 4.65. The average Bonchev–Trinajstić information content (AvgIpc) is 2.42. The van der Waals surface area contributed by atoms with Crippen molar-refractivity contribution in [2.75, 3.05) is 6.54 Å². The first-order chi connectivity index (χ1) is 9.11. The molecule has 1 amide bonds. The lowest BCUT2D eigenvalue weighted by Crippen LogP contribution is -2.44. The monoisotopic (exact) mass is 374 g/mol. The predicted molar refractivity (Wildman–Crippen MR) is 83.1 cm³/mol. The van der Waals surface area contributed by atoms with Gasteiger partial charge in [-0.05, 0) is 66.1 Å². The van der Waals surface area contributed by atoms with Crippen molar-refractivity contribution in [2.24, 2.45) is 11.7 Å². The molecule has 0 heterocycles.